The molecule has 2 rings (SSSR count). The smallest absolute Gasteiger partial charge is 0.122 e. The molecular weight excluding hydrogens is 150 g/mol. The molecule has 2 aliphatic rings. The monoisotopic (exact) mass is 167 g/mol. The molecular formula is C9H17N3. The van der Waals surface area contributed by atoms with Crippen LogP contribution in [0.3, 0.4) is 0 Å². The molecule has 1 saturated heterocycles. The van der Waals surface area contributed by atoms with Crippen molar-refractivity contribution in [3.8, 4) is 0 Å². The van der Waals surface area contributed by atoms with E-state index in [1.165, 1.54) is 32.1 Å². The van der Waals surface area contributed by atoms with Crippen molar-refractivity contribution in [2.45, 2.75) is 32.1 Å². The molecule has 68 valence electrons. The van der Waals surface area contributed by atoms with Crippen LogP contribution in [-0.2, 0) is 0 Å². The van der Waals surface area contributed by atoms with Gasteiger partial charge in [0.25, 0.3) is 0 Å². The lowest BCUT2D eigenvalue weighted by atomic mass is 10.2. The van der Waals surface area contributed by atoms with Gasteiger partial charge in [0.2, 0.25) is 0 Å². The van der Waals surface area contributed by atoms with Gasteiger partial charge in [0.15, 0.2) is 0 Å². The van der Waals surface area contributed by atoms with Crippen molar-refractivity contribution in [2.75, 3.05) is 13.1 Å². The highest BCUT2D eigenvalue weighted by Gasteiger charge is 2.26. The Morgan fingerprint density at radius 1 is 1.17 bits per heavy atom. The van der Waals surface area contributed by atoms with Crippen molar-refractivity contribution < 1.29 is 0 Å². The van der Waals surface area contributed by atoms with Gasteiger partial charge in [-0.2, -0.15) is 5.10 Å². The van der Waals surface area contributed by atoms with Crippen LogP contribution in [-0.4, -0.2) is 23.9 Å². The summed E-state index contributed by atoms with van der Waals surface area (Å²) in [6, 6.07) is 0. The van der Waals surface area contributed by atoms with E-state index >= 15 is 0 Å². The van der Waals surface area contributed by atoms with E-state index < -0.39 is 0 Å². The Labute approximate surface area is 73.6 Å². The summed E-state index contributed by atoms with van der Waals surface area (Å²) >= 11 is 0. The molecule has 0 atom stereocenters. The Hall–Kier alpha value is -0.730. The van der Waals surface area contributed by atoms with Gasteiger partial charge in [-0.3, -0.25) is 5.01 Å². The molecule has 0 aromatic heterocycles. The van der Waals surface area contributed by atoms with Crippen molar-refractivity contribution in [1.82, 2.24) is 5.01 Å². The number of piperidine rings is 1. The molecule has 0 aromatic rings. The summed E-state index contributed by atoms with van der Waals surface area (Å²) in [5, 5.41) is 6.56. The lowest BCUT2D eigenvalue weighted by Gasteiger charge is -2.24. The zero-order valence-corrected chi connectivity index (χ0v) is 7.50. The van der Waals surface area contributed by atoms with Gasteiger partial charge in [-0.25, -0.2) is 0 Å². The van der Waals surface area contributed by atoms with E-state index in [1.807, 2.05) is 0 Å². The molecule has 0 aromatic carbocycles. The minimum atomic E-state index is 0.618. The minimum Gasteiger partial charge on any atom is -0.385 e. The molecule has 0 radical (unpaired) electrons. The summed E-state index contributed by atoms with van der Waals surface area (Å²) in [7, 11) is 0. The van der Waals surface area contributed by atoms with Crippen LogP contribution in [0.2, 0.25) is 0 Å². The maximum atomic E-state index is 5.82. The lowest BCUT2D eigenvalue weighted by Crippen LogP contribution is -2.28. The first-order valence-electron chi connectivity index (χ1n) is 4.95. The van der Waals surface area contributed by atoms with Gasteiger partial charge in [0, 0.05) is 19.0 Å². The number of hydrogen-bond donors (Lipinski definition) is 1. The second-order valence-corrected chi connectivity index (χ2v) is 3.81. The van der Waals surface area contributed by atoms with E-state index in [-0.39, 0.29) is 0 Å². The number of hydrazone groups is 1. The van der Waals surface area contributed by atoms with E-state index in [4.69, 9.17) is 5.73 Å². The molecule has 0 bridgehead atoms. The lowest BCUT2D eigenvalue weighted by molar-refractivity contribution is 0.238. The molecule has 0 spiro atoms. The summed E-state index contributed by atoms with van der Waals surface area (Å²) in [4.78, 5) is 0. The molecule has 1 heterocycles. The molecule has 3 nitrogen and oxygen atoms in total. The highest BCUT2D eigenvalue weighted by atomic mass is 15.5. The van der Waals surface area contributed by atoms with E-state index in [2.05, 4.69) is 10.1 Å². The van der Waals surface area contributed by atoms with Gasteiger partial charge in [-0.05, 0) is 32.1 Å². The largest absolute Gasteiger partial charge is 0.385 e. The van der Waals surface area contributed by atoms with Crippen LogP contribution in [0.15, 0.2) is 5.10 Å². The minimum absolute atomic E-state index is 0.618. The quantitative estimate of drug-likeness (QED) is 0.495. The van der Waals surface area contributed by atoms with Crippen LogP contribution in [0.5, 0.6) is 0 Å². The predicted octanol–water partition coefficient (Wildman–Crippen LogP) is 1.15. The Morgan fingerprint density at radius 2 is 1.83 bits per heavy atom. The van der Waals surface area contributed by atoms with Crippen molar-refractivity contribution in [2.24, 2.45) is 16.8 Å². The zero-order valence-electron chi connectivity index (χ0n) is 7.50. The summed E-state index contributed by atoms with van der Waals surface area (Å²) in [6.07, 6.45) is 6.42. The Morgan fingerprint density at radius 3 is 2.42 bits per heavy atom. The summed E-state index contributed by atoms with van der Waals surface area (Å²) in [6.45, 7) is 2.21. The van der Waals surface area contributed by atoms with E-state index in [1.54, 1.807) is 0 Å². The second kappa shape index (κ2) is 3.33. The Balaban J connectivity index is 1.85. The van der Waals surface area contributed by atoms with Crippen LogP contribution >= 0.6 is 0 Å². The summed E-state index contributed by atoms with van der Waals surface area (Å²) < 4.78 is 0. The van der Waals surface area contributed by atoms with Gasteiger partial charge in [0.1, 0.15) is 5.84 Å². The molecule has 2 fully saturated rings. The first-order chi connectivity index (χ1) is 5.86. The average molecular weight is 167 g/mol. The SMILES string of the molecule is N/C(=N\N1CCCCC1)C1CC1. The molecule has 3 heteroatoms. The van der Waals surface area contributed by atoms with Crippen LogP contribution in [0, 0.1) is 5.92 Å². The van der Waals surface area contributed by atoms with Crippen molar-refractivity contribution in [3.05, 3.63) is 0 Å². The number of nitrogens with zero attached hydrogens (tertiary/aromatic N) is 2. The zero-order chi connectivity index (χ0) is 8.39. The third-order valence-electron chi connectivity index (χ3n) is 2.58. The Kier molecular flexibility index (Phi) is 2.19. The van der Waals surface area contributed by atoms with Gasteiger partial charge in [0.05, 0.1) is 0 Å². The topological polar surface area (TPSA) is 41.6 Å². The average Bonchev–Trinajstić information content (AvgIpc) is 2.88. The molecule has 2 N–H and O–H groups in total. The molecule has 1 saturated carbocycles. The number of rotatable bonds is 2. The van der Waals surface area contributed by atoms with Gasteiger partial charge < -0.3 is 5.73 Å². The van der Waals surface area contributed by atoms with Crippen LogP contribution in [0.1, 0.15) is 32.1 Å². The summed E-state index contributed by atoms with van der Waals surface area (Å²) in [5.74, 6) is 1.49. The maximum Gasteiger partial charge on any atom is 0.122 e. The third-order valence-corrected chi connectivity index (χ3v) is 2.58. The third kappa shape index (κ3) is 1.90. The van der Waals surface area contributed by atoms with Gasteiger partial charge in [-0.1, -0.05) is 0 Å². The fourth-order valence-corrected chi connectivity index (χ4v) is 1.60. The summed E-state index contributed by atoms with van der Waals surface area (Å²) in [5.41, 5.74) is 5.82. The normalized spacial score (nSPS) is 26.0. The number of nitrogens with two attached hydrogens (primary N) is 1. The highest BCUT2D eigenvalue weighted by Crippen LogP contribution is 2.29. The maximum absolute atomic E-state index is 5.82. The van der Waals surface area contributed by atoms with Crippen molar-refractivity contribution >= 4 is 5.84 Å². The van der Waals surface area contributed by atoms with Crippen LogP contribution in [0.4, 0.5) is 0 Å². The fraction of sp³-hybridized carbons (Fsp3) is 0.889. The van der Waals surface area contributed by atoms with Gasteiger partial charge >= 0.3 is 0 Å². The number of amidine groups is 1. The first kappa shape index (κ1) is 7.90. The second-order valence-electron chi connectivity index (χ2n) is 3.81. The molecule has 0 amide bonds. The molecule has 1 aliphatic carbocycles. The molecule has 0 unspecified atom stereocenters. The standard InChI is InChI=1S/C9H17N3/c10-9(8-4-5-8)11-12-6-2-1-3-7-12/h8H,1-7H2,(H2,10,11). The van der Waals surface area contributed by atoms with Gasteiger partial charge in [-0.15, -0.1) is 0 Å². The fourth-order valence-electron chi connectivity index (χ4n) is 1.60. The first-order valence-corrected chi connectivity index (χ1v) is 4.95. The van der Waals surface area contributed by atoms with Crippen molar-refractivity contribution in [3.63, 3.8) is 0 Å². The highest BCUT2D eigenvalue weighted by molar-refractivity contribution is 5.84. The van der Waals surface area contributed by atoms with E-state index in [9.17, 15) is 0 Å². The Bertz CT molecular complexity index is 178. The predicted molar refractivity (Wildman–Crippen MR) is 49.8 cm³/mol. The van der Waals surface area contributed by atoms with E-state index in [0.29, 0.717) is 5.92 Å². The van der Waals surface area contributed by atoms with Crippen molar-refractivity contribution in [1.29, 1.82) is 0 Å². The number of hydrogen-bond acceptors (Lipinski definition) is 2. The van der Waals surface area contributed by atoms with Crippen LogP contribution < -0.4 is 5.73 Å². The van der Waals surface area contributed by atoms with E-state index in [0.717, 1.165) is 18.9 Å². The van der Waals surface area contributed by atoms with Crippen LogP contribution in [0.25, 0.3) is 0 Å². The molecule has 1 aliphatic heterocycles. The molecule has 12 heavy (non-hydrogen) atoms.